The molecule has 0 aromatic heterocycles. The van der Waals surface area contributed by atoms with Crippen molar-refractivity contribution >= 4 is 0 Å². The molecule has 0 aliphatic rings. The van der Waals surface area contributed by atoms with E-state index >= 15 is 0 Å². The highest BCUT2D eigenvalue weighted by molar-refractivity contribution is 4.96. The summed E-state index contributed by atoms with van der Waals surface area (Å²) in [6, 6.07) is 0. The number of rotatable bonds is 8. The monoisotopic (exact) mass is 182 g/mol. The molecule has 0 heterocycles. The molecule has 1 atom stereocenters. The predicted octanol–water partition coefficient (Wildman–Crippen LogP) is 3.45. The molecule has 76 valence electrons. The lowest BCUT2D eigenvalue weighted by molar-refractivity contribution is 0.180. The minimum absolute atomic E-state index is 0.124. The molecule has 0 aliphatic heterocycles. The maximum atomic E-state index is 9.00. The molecule has 0 fully saturated rings. The molecule has 0 aromatic carbocycles. The van der Waals surface area contributed by atoms with Gasteiger partial charge >= 0.3 is 0 Å². The minimum atomic E-state index is -0.124. The molecular weight excluding hydrogens is 160 g/mol. The number of aliphatic hydroxyl groups is 1. The molecule has 0 rings (SSSR count). The molecular formula is C12H22O. The topological polar surface area (TPSA) is 20.2 Å². The summed E-state index contributed by atoms with van der Waals surface area (Å²) >= 11 is 0. The first-order valence-corrected chi connectivity index (χ1v) is 5.23. The Bertz CT molecular complexity index is 136. The summed E-state index contributed by atoms with van der Waals surface area (Å²) in [5.41, 5.74) is 0. The zero-order valence-electron chi connectivity index (χ0n) is 8.71. The van der Waals surface area contributed by atoms with Crippen LogP contribution < -0.4 is 0 Å². The van der Waals surface area contributed by atoms with Crippen LogP contribution in [0.3, 0.4) is 0 Å². The van der Waals surface area contributed by atoms with Gasteiger partial charge in [0.1, 0.15) is 0 Å². The molecule has 1 N–H and O–H groups in total. The fourth-order valence-corrected chi connectivity index (χ4v) is 1.25. The van der Waals surface area contributed by atoms with Gasteiger partial charge in [-0.1, -0.05) is 44.1 Å². The second kappa shape index (κ2) is 9.53. The van der Waals surface area contributed by atoms with E-state index in [1.54, 1.807) is 0 Å². The molecule has 1 heteroatoms. The van der Waals surface area contributed by atoms with Crippen LogP contribution in [0.15, 0.2) is 24.8 Å². The van der Waals surface area contributed by atoms with Crippen LogP contribution in [0.5, 0.6) is 0 Å². The fraction of sp³-hybridized carbons (Fsp3) is 0.667. The third kappa shape index (κ3) is 11.4. The van der Waals surface area contributed by atoms with E-state index in [-0.39, 0.29) is 6.10 Å². The van der Waals surface area contributed by atoms with Gasteiger partial charge in [0.25, 0.3) is 0 Å². The first-order chi connectivity index (χ1) is 6.27. The molecule has 0 amide bonds. The van der Waals surface area contributed by atoms with Crippen molar-refractivity contribution < 1.29 is 5.11 Å². The molecule has 0 saturated heterocycles. The van der Waals surface area contributed by atoms with E-state index in [0.29, 0.717) is 0 Å². The molecule has 1 nitrogen and oxygen atoms in total. The van der Waals surface area contributed by atoms with Crippen LogP contribution in [-0.2, 0) is 0 Å². The third-order valence-electron chi connectivity index (χ3n) is 2.01. The molecule has 0 bridgehead atoms. The summed E-state index contributed by atoms with van der Waals surface area (Å²) in [5, 5.41) is 9.00. The van der Waals surface area contributed by atoms with Gasteiger partial charge in [-0.2, -0.15) is 0 Å². The van der Waals surface area contributed by atoms with Gasteiger partial charge < -0.3 is 5.11 Å². The van der Waals surface area contributed by atoms with Gasteiger partial charge in [-0.3, -0.25) is 0 Å². The van der Waals surface area contributed by atoms with E-state index in [1.165, 1.54) is 19.3 Å². The quantitative estimate of drug-likeness (QED) is 0.450. The molecule has 0 saturated carbocycles. The van der Waals surface area contributed by atoms with Crippen molar-refractivity contribution in [3.8, 4) is 0 Å². The summed E-state index contributed by atoms with van der Waals surface area (Å²) in [5.74, 6) is 0. The highest BCUT2D eigenvalue weighted by Crippen LogP contribution is 2.07. The Labute approximate surface area is 82.2 Å². The Morgan fingerprint density at radius 3 is 2.54 bits per heavy atom. The lowest BCUT2D eigenvalue weighted by Crippen LogP contribution is -1.97. The normalized spacial score (nSPS) is 13.4. The van der Waals surface area contributed by atoms with Gasteiger partial charge in [0.15, 0.2) is 0 Å². The van der Waals surface area contributed by atoms with E-state index in [2.05, 4.69) is 12.7 Å². The average molecular weight is 182 g/mol. The van der Waals surface area contributed by atoms with Gasteiger partial charge in [-0.25, -0.2) is 0 Å². The van der Waals surface area contributed by atoms with Crippen LogP contribution >= 0.6 is 0 Å². The van der Waals surface area contributed by atoms with Crippen molar-refractivity contribution in [3.63, 3.8) is 0 Å². The van der Waals surface area contributed by atoms with Crippen LogP contribution in [0.4, 0.5) is 0 Å². The summed E-state index contributed by atoms with van der Waals surface area (Å²) in [7, 11) is 0. The van der Waals surface area contributed by atoms with Crippen LogP contribution in [0.1, 0.15) is 45.4 Å². The lowest BCUT2D eigenvalue weighted by atomic mass is 10.1. The van der Waals surface area contributed by atoms with E-state index in [9.17, 15) is 0 Å². The second-order valence-electron chi connectivity index (χ2n) is 3.50. The summed E-state index contributed by atoms with van der Waals surface area (Å²) < 4.78 is 0. The average Bonchev–Trinajstić information content (AvgIpc) is 2.09. The first-order valence-electron chi connectivity index (χ1n) is 5.23. The minimum Gasteiger partial charge on any atom is -0.393 e. The number of hydrogen-bond acceptors (Lipinski definition) is 1. The highest BCUT2D eigenvalue weighted by atomic mass is 16.3. The maximum Gasteiger partial charge on any atom is 0.0512 e. The van der Waals surface area contributed by atoms with Gasteiger partial charge in [0.2, 0.25) is 0 Å². The van der Waals surface area contributed by atoms with Crippen molar-refractivity contribution in [2.45, 2.75) is 51.6 Å². The number of hydrogen-bond donors (Lipinski definition) is 1. The summed E-state index contributed by atoms with van der Waals surface area (Å²) in [6.07, 6.45) is 12.9. The van der Waals surface area contributed by atoms with E-state index in [4.69, 9.17) is 5.11 Å². The van der Waals surface area contributed by atoms with Crippen molar-refractivity contribution in [1.82, 2.24) is 0 Å². The van der Waals surface area contributed by atoms with Crippen LogP contribution in [0, 0.1) is 0 Å². The van der Waals surface area contributed by atoms with E-state index in [1.807, 2.05) is 19.1 Å². The largest absolute Gasteiger partial charge is 0.393 e. The van der Waals surface area contributed by atoms with Gasteiger partial charge in [-0.05, 0) is 26.2 Å². The van der Waals surface area contributed by atoms with Crippen LogP contribution in [0.2, 0.25) is 0 Å². The predicted molar refractivity (Wildman–Crippen MR) is 58.7 cm³/mol. The fourth-order valence-electron chi connectivity index (χ4n) is 1.25. The maximum absolute atomic E-state index is 9.00. The number of allylic oxidation sites excluding steroid dienone is 3. The van der Waals surface area contributed by atoms with Crippen molar-refractivity contribution in [2.24, 2.45) is 0 Å². The molecule has 0 spiro atoms. The van der Waals surface area contributed by atoms with Crippen LogP contribution in [0.25, 0.3) is 0 Å². The number of aliphatic hydroxyl groups excluding tert-OH is 1. The van der Waals surface area contributed by atoms with Crippen molar-refractivity contribution in [1.29, 1.82) is 0 Å². The van der Waals surface area contributed by atoms with E-state index in [0.717, 1.165) is 19.3 Å². The standard InChI is InChI=1S/C12H22O/c1-3-4-5-6-7-8-9-10-11-12(2)13/h3-5,12-13H,1,6-11H2,2H3. The van der Waals surface area contributed by atoms with Crippen LogP contribution in [-0.4, -0.2) is 11.2 Å². The second-order valence-corrected chi connectivity index (χ2v) is 3.50. The smallest absolute Gasteiger partial charge is 0.0512 e. The number of unbranched alkanes of at least 4 members (excludes halogenated alkanes) is 4. The Morgan fingerprint density at radius 1 is 1.23 bits per heavy atom. The van der Waals surface area contributed by atoms with Crippen molar-refractivity contribution in [3.05, 3.63) is 24.8 Å². The molecule has 1 unspecified atom stereocenters. The van der Waals surface area contributed by atoms with Gasteiger partial charge in [-0.15, -0.1) is 0 Å². The Hall–Kier alpha value is -0.560. The zero-order valence-corrected chi connectivity index (χ0v) is 8.71. The SMILES string of the molecule is C=CC=CCCCCCCC(C)O. The summed E-state index contributed by atoms with van der Waals surface area (Å²) in [4.78, 5) is 0. The third-order valence-corrected chi connectivity index (χ3v) is 2.01. The van der Waals surface area contributed by atoms with Gasteiger partial charge in [0.05, 0.1) is 6.10 Å². The Kier molecular flexibility index (Phi) is 9.12. The molecule has 0 aliphatic carbocycles. The summed E-state index contributed by atoms with van der Waals surface area (Å²) in [6.45, 7) is 5.47. The van der Waals surface area contributed by atoms with E-state index < -0.39 is 0 Å². The highest BCUT2D eigenvalue weighted by Gasteiger charge is 1.94. The lowest BCUT2D eigenvalue weighted by Gasteiger charge is -2.02. The van der Waals surface area contributed by atoms with Crippen molar-refractivity contribution in [2.75, 3.05) is 0 Å². The van der Waals surface area contributed by atoms with Gasteiger partial charge in [0, 0.05) is 0 Å². The Morgan fingerprint density at radius 2 is 1.92 bits per heavy atom. The molecule has 0 aromatic rings. The molecule has 0 radical (unpaired) electrons. The molecule has 13 heavy (non-hydrogen) atoms. The first kappa shape index (κ1) is 12.4. The zero-order chi connectivity index (χ0) is 9.94. The Balaban J connectivity index is 2.99.